The van der Waals surface area contributed by atoms with Gasteiger partial charge in [-0.15, -0.1) is 0 Å². The molecule has 0 spiro atoms. The normalized spacial score (nSPS) is 17.6. The van der Waals surface area contributed by atoms with Crippen LogP contribution in [0.25, 0.3) is 0 Å². The summed E-state index contributed by atoms with van der Waals surface area (Å²) >= 11 is 6.46. The van der Waals surface area contributed by atoms with Gasteiger partial charge in [0.2, 0.25) is 11.9 Å². The van der Waals surface area contributed by atoms with Crippen LogP contribution in [0.3, 0.4) is 0 Å². The lowest BCUT2D eigenvalue weighted by atomic mass is 10.1. The molecular weight excluding hydrogens is 374 g/mol. The third-order valence-electron chi connectivity index (χ3n) is 5.12. The molecule has 2 aliphatic rings. The largest absolute Gasteiger partial charge is 0.312 e. The average molecular weight is 392 g/mol. The van der Waals surface area contributed by atoms with Gasteiger partial charge in [-0.05, 0) is 31.0 Å². The van der Waals surface area contributed by atoms with Gasteiger partial charge in [-0.2, -0.15) is 0 Å². The van der Waals surface area contributed by atoms with E-state index in [1.165, 1.54) is 11.6 Å². The molecule has 7 heteroatoms. The number of hydrogen-bond acceptors (Lipinski definition) is 5. The predicted molar refractivity (Wildman–Crippen MR) is 111 cm³/mol. The van der Waals surface area contributed by atoms with Crippen molar-refractivity contribution >= 4 is 29.2 Å². The number of hydrogen-bond donors (Lipinski definition) is 1. The van der Waals surface area contributed by atoms with Crippen LogP contribution in [-0.2, 0) is 6.42 Å². The van der Waals surface area contributed by atoms with E-state index in [0.29, 0.717) is 22.6 Å². The highest BCUT2D eigenvalue weighted by Crippen LogP contribution is 2.33. The number of para-hydroxylation sites is 1. The van der Waals surface area contributed by atoms with Crippen LogP contribution >= 0.6 is 11.6 Å². The SMILES string of the molecule is Cc1cc(=O)n2c(n1)NC(N1CCc3ccccc31)=NC2c1ccccc1Cl. The third-order valence-corrected chi connectivity index (χ3v) is 5.46. The number of nitrogens with zero attached hydrogens (tertiary/aromatic N) is 4. The van der Waals surface area contributed by atoms with Crippen molar-refractivity contribution in [2.24, 2.45) is 4.99 Å². The minimum atomic E-state index is -0.576. The molecule has 1 atom stereocenters. The number of aromatic nitrogens is 2. The summed E-state index contributed by atoms with van der Waals surface area (Å²) in [5.74, 6) is 1.15. The Morgan fingerprint density at radius 2 is 1.93 bits per heavy atom. The molecule has 140 valence electrons. The highest BCUT2D eigenvalue weighted by atomic mass is 35.5. The van der Waals surface area contributed by atoms with E-state index in [2.05, 4.69) is 27.3 Å². The van der Waals surface area contributed by atoms with Gasteiger partial charge >= 0.3 is 0 Å². The summed E-state index contributed by atoms with van der Waals surface area (Å²) < 4.78 is 1.56. The van der Waals surface area contributed by atoms with Crippen molar-refractivity contribution in [3.05, 3.63) is 86.8 Å². The number of anilines is 2. The Balaban J connectivity index is 1.69. The number of halogens is 1. The summed E-state index contributed by atoms with van der Waals surface area (Å²) in [5.41, 5.74) is 3.66. The molecule has 0 aliphatic carbocycles. The Kier molecular flexibility index (Phi) is 3.94. The standard InChI is InChI=1S/C21H18ClN5O/c1-13-12-18(28)27-19(15-7-3-4-8-16(15)22)24-20(25-21(27)23-13)26-11-10-14-6-2-5-9-17(14)26/h2-9,12,19H,10-11H2,1H3,(H,23,24,25). The molecule has 0 saturated heterocycles. The first-order chi connectivity index (χ1) is 13.6. The Morgan fingerprint density at radius 3 is 2.79 bits per heavy atom. The lowest BCUT2D eigenvalue weighted by molar-refractivity contribution is 0.575. The summed E-state index contributed by atoms with van der Waals surface area (Å²) in [6.07, 6.45) is 0.370. The second-order valence-electron chi connectivity index (χ2n) is 6.93. The number of aliphatic imine (C=N–C) groups is 1. The fraction of sp³-hybridized carbons (Fsp3) is 0.190. The maximum atomic E-state index is 12.8. The zero-order valence-electron chi connectivity index (χ0n) is 15.3. The fourth-order valence-corrected chi connectivity index (χ4v) is 4.06. The number of fused-ring (bicyclic) bond motifs is 2. The van der Waals surface area contributed by atoms with E-state index in [-0.39, 0.29) is 5.56 Å². The van der Waals surface area contributed by atoms with E-state index >= 15 is 0 Å². The molecular formula is C21H18ClN5O. The molecule has 3 aromatic rings. The van der Waals surface area contributed by atoms with E-state index in [1.54, 1.807) is 4.57 Å². The summed E-state index contributed by atoms with van der Waals surface area (Å²) in [6, 6.07) is 17.3. The predicted octanol–water partition coefficient (Wildman–Crippen LogP) is 3.60. The van der Waals surface area contributed by atoms with Crippen molar-refractivity contribution in [3.63, 3.8) is 0 Å². The summed E-state index contributed by atoms with van der Waals surface area (Å²) in [7, 11) is 0. The van der Waals surface area contributed by atoms with Crippen LogP contribution in [0.4, 0.5) is 11.6 Å². The maximum absolute atomic E-state index is 12.8. The lowest BCUT2D eigenvalue weighted by Crippen LogP contribution is -2.43. The first-order valence-electron chi connectivity index (χ1n) is 9.17. The number of guanidine groups is 1. The van der Waals surface area contributed by atoms with Crippen LogP contribution in [0.15, 0.2) is 64.4 Å². The molecule has 1 aromatic heterocycles. The minimum Gasteiger partial charge on any atom is -0.312 e. The summed E-state index contributed by atoms with van der Waals surface area (Å²) in [4.78, 5) is 24.4. The second kappa shape index (κ2) is 6.49. The number of aryl methyl sites for hydroxylation is 1. The Morgan fingerprint density at radius 1 is 1.14 bits per heavy atom. The van der Waals surface area contributed by atoms with Gasteiger partial charge in [0.05, 0.1) is 0 Å². The summed E-state index contributed by atoms with van der Waals surface area (Å²) in [6.45, 7) is 2.63. The number of nitrogens with one attached hydrogen (secondary N) is 1. The number of benzene rings is 2. The molecule has 1 N–H and O–H groups in total. The summed E-state index contributed by atoms with van der Waals surface area (Å²) in [5, 5.41) is 3.83. The molecule has 0 radical (unpaired) electrons. The topological polar surface area (TPSA) is 62.5 Å². The van der Waals surface area contributed by atoms with E-state index in [4.69, 9.17) is 16.6 Å². The van der Waals surface area contributed by atoms with Gasteiger partial charge in [-0.25, -0.2) is 9.98 Å². The molecule has 2 aliphatic heterocycles. The van der Waals surface area contributed by atoms with Crippen LogP contribution in [0.5, 0.6) is 0 Å². The molecule has 0 bridgehead atoms. The monoisotopic (exact) mass is 391 g/mol. The molecule has 1 unspecified atom stereocenters. The maximum Gasteiger partial charge on any atom is 0.257 e. The molecule has 3 heterocycles. The highest BCUT2D eigenvalue weighted by molar-refractivity contribution is 6.31. The highest BCUT2D eigenvalue weighted by Gasteiger charge is 2.31. The molecule has 0 saturated carbocycles. The van der Waals surface area contributed by atoms with Gasteiger partial charge in [0, 0.05) is 34.6 Å². The van der Waals surface area contributed by atoms with Crippen LogP contribution < -0.4 is 15.8 Å². The van der Waals surface area contributed by atoms with Gasteiger partial charge in [0.25, 0.3) is 5.56 Å². The molecule has 28 heavy (non-hydrogen) atoms. The van der Waals surface area contributed by atoms with Gasteiger partial charge in [0.1, 0.15) is 0 Å². The molecule has 2 aromatic carbocycles. The second-order valence-corrected chi connectivity index (χ2v) is 7.34. The van der Waals surface area contributed by atoms with Crippen molar-refractivity contribution in [2.75, 3.05) is 16.8 Å². The van der Waals surface area contributed by atoms with Crippen molar-refractivity contribution in [1.82, 2.24) is 9.55 Å². The van der Waals surface area contributed by atoms with Crippen LogP contribution in [-0.4, -0.2) is 22.1 Å². The Bertz CT molecular complexity index is 1170. The Hall–Kier alpha value is -3.12. The van der Waals surface area contributed by atoms with Gasteiger partial charge in [-0.3, -0.25) is 14.7 Å². The molecule has 6 nitrogen and oxygen atoms in total. The van der Waals surface area contributed by atoms with Gasteiger partial charge in [0.15, 0.2) is 6.17 Å². The van der Waals surface area contributed by atoms with E-state index in [0.717, 1.165) is 24.2 Å². The fourth-order valence-electron chi connectivity index (χ4n) is 3.82. The molecule has 5 rings (SSSR count). The first-order valence-corrected chi connectivity index (χ1v) is 9.54. The van der Waals surface area contributed by atoms with Crippen LogP contribution in [0.1, 0.15) is 23.0 Å². The Labute approximate surface area is 167 Å². The molecule has 0 amide bonds. The van der Waals surface area contributed by atoms with Gasteiger partial charge in [-0.1, -0.05) is 48.0 Å². The quantitative estimate of drug-likeness (QED) is 0.688. The van der Waals surface area contributed by atoms with Gasteiger partial charge < -0.3 is 4.90 Å². The molecule has 0 fully saturated rings. The average Bonchev–Trinajstić information content (AvgIpc) is 3.11. The minimum absolute atomic E-state index is 0.162. The van der Waals surface area contributed by atoms with Crippen molar-refractivity contribution < 1.29 is 0 Å². The van der Waals surface area contributed by atoms with Crippen LogP contribution in [0, 0.1) is 6.92 Å². The van der Waals surface area contributed by atoms with E-state index in [1.807, 2.05) is 43.3 Å². The van der Waals surface area contributed by atoms with Crippen molar-refractivity contribution in [1.29, 1.82) is 0 Å². The first kappa shape index (κ1) is 17.0. The van der Waals surface area contributed by atoms with E-state index in [9.17, 15) is 4.79 Å². The lowest BCUT2D eigenvalue weighted by Gasteiger charge is -2.31. The zero-order valence-corrected chi connectivity index (χ0v) is 16.0. The zero-order chi connectivity index (χ0) is 19.3. The number of rotatable bonds is 1. The van der Waals surface area contributed by atoms with E-state index < -0.39 is 6.17 Å². The smallest absolute Gasteiger partial charge is 0.257 e. The third kappa shape index (κ3) is 2.68. The van der Waals surface area contributed by atoms with Crippen molar-refractivity contribution in [2.45, 2.75) is 19.5 Å². The van der Waals surface area contributed by atoms with Crippen molar-refractivity contribution in [3.8, 4) is 0 Å². The van der Waals surface area contributed by atoms with Crippen LogP contribution in [0.2, 0.25) is 5.02 Å².